The summed E-state index contributed by atoms with van der Waals surface area (Å²) in [5.41, 5.74) is 3.01. The molecule has 168 valence electrons. The van der Waals surface area contributed by atoms with Gasteiger partial charge in [0.15, 0.2) is 0 Å². The predicted octanol–water partition coefficient (Wildman–Crippen LogP) is 1.18. The summed E-state index contributed by atoms with van der Waals surface area (Å²) < 4.78 is 15.0. The van der Waals surface area contributed by atoms with E-state index in [1.807, 2.05) is 42.5 Å². The first-order valence-corrected chi connectivity index (χ1v) is 10.1. The van der Waals surface area contributed by atoms with Crippen LogP contribution in [0.15, 0.2) is 48.5 Å². The van der Waals surface area contributed by atoms with Crippen LogP contribution in [0.1, 0.15) is 31.8 Å². The lowest BCUT2D eigenvalue weighted by Gasteiger charge is -2.05. The molecule has 3 N–H and O–H groups in total. The highest BCUT2D eigenvalue weighted by atomic mass is 16.5. The van der Waals surface area contributed by atoms with Crippen molar-refractivity contribution >= 4 is 11.8 Å². The zero-order chi connectivity index (χ0) is 22.3. The number of carbonyl (C=O) groups excluding carboxylic acids is 2. The topological polar surface area (TPSA) is 114 Å². The van der Waals surface area contributed by atoms with E-state index in [-0.39, 0.29) is 25.0 Å². The smallest absolute Gasteiger partial charge is 0.259 e. The van der Waals surface area contributed by atoms with E-state index in [0.29, 0.717) is 57.2 Å². The molecule has 0 spiro atoms. The molecule has 0 fully saturated rings. The number of aliphatic hydroxyl groups excluding tert-OH is 2. The molecule has 0 saturated carbocycles. The molecule has 31 heavy (non-hydrogen) atoms. The molecule has 3 rings (SSSR count). The van der Waals surface area contributed by atoms with E-state index in [2.05, 4.69) is 5.32 Å². The van der Waals surface area contributed by atoms with Gasteiger partial charge in [0, 0.05) is 0 Å². The molecule has 0 aromatic heterocycles. The van der Waals surface area contributed by atoms with Crippen molar-refractivity contribution in [1.82, 2.24) is 5.32 Å². The molecule has 2 aromatic rings. The van der Waals surface area contributed by atoms with Crippen LogP contribution in [0.25, 0.3) is 0 Å². The summed E-state index contributed by atoms with van der Waals surface area (Å²) in [6.07, 6.45) is 0.657. The molecule has 0 atom stereocenters. The van der Waals surface area contributed by atoms with Gasteiger partial charge in [0.05, 0.1) is 64.0 Å². The van der Waals surface area contributed by atoms with E-state index in [4.69, 9.17) is 24.4 Å². The molecule has 1 heterocycles. The summed E-state index contributed by atoms with van der Waals surface area (Å²) in [5.74, 6) is -0.591. The fourth-order valence-corrected chi connectivity index (χ4v) is 2.92. The lowest BCUT2D eigenvalue weighted by Crippen LogP contribution is -2.20. The first-order chi connectivity index (χ1) is 15.2. The van der Waals surface area contributed by atoms with E-state index in [1.54, 1.807) is 6.07 Å². The number of nitrogens with one attached hydrogen (secondary N) is 1. The molecule has 1 aliphatic rings. The van der Waals surface area contributed by atoms with E-state index in [1.165, 1.54) is 0 Å². The number of imide groups is 1. The maximum atomic E-state index is 11.8. The fourth-order valence-electron chi connectivity index (χ4n) is 2.92. The summed E-state index contributed by atoms with van der Waals surface area (Å²) in [6.45, 7) is 2.76. The van der Waals surface area contributed by atoms with Crippen molar-refractivity contribution < 1.29 is 34.0 Å². The monoisotopic (exact) mass is 431 g/mol. The number of rotatable bonds is 12. The molecule has 0 radical (unpaired) electrons. The summed E-state index contributed by atoms with van der Waals surface area (Å²) in [6, 6.07) is 15.3. The molecular formula is C23H29NO7. The quantitative estimate of drug-likeness (QED) is 0.342. The Morgan fingerprint density at radius 1 is 0.677 bits per heavy atom. The third-order valence-corrected chi connectivity index (χ3v) is 4.30. The van der Waals surface area contributed by atoms with Crippen molar-refractivity contribution in [2.75, 3.05) is 52.9 Å². The van der Waals surface area contributed by atoms with Crippen molar-refractivity contribution in [2.45, 2.75) is 6.42 Å². The van der Waals surface area contributed by atoms with Crippen LogP contribution in [0.5, 0.6) is 0 Å². The highest BCUT2D eigenvalue weighted by Gasteiger charge is 2.28. The van der Waals surface area contributed by atoms with Crippen molar-refractivity contribution in [1.29, 1.82) is 0 Å². The zero-order valence-corrected chi connectivity index (χ0v) is 17.4. The Bertz CT molecular complexity index is 801. The molecule has 0 aliphatic carbocycles. The SMILES string of the molecule is O=C1NC(=O)c2c(Cc3ccccc3)cccc21.OCCOCCOCCOCCO. The Kier molecular flexibility index (Phi) is 11.4. The van der Waals surface area contributed by atoms with Crippen LogP contribution in [-0.4, -0.2) is 74.9 Å². The Labute approximate surface area is 181 Å². The normalized spacial score (nSPS) is 12.2. The van der Waals surface area contributed by atoms with Crippen LogP contribution in [0.4, 0.5) is 0 Å². The van der Waals surface area contributed by atoms with Gasteiger partial charge >= 0.3 is 0 Å². The third kappa shape index (κ3) is 8.56. The number of benzene rings is 2. The zero-order valence-electron chi connectivity index (χ0n) is 17.4. The van der Waals surface area contributed by atoms with Gasteiger partial charge in [-0.1, -0.05) is 42.5 Å². The van der Waals surface area contributed by atoms with E-state index >= 15 is 0 Å². The fraction of sp³-hybridized carbons (Fsp3) is 0.391. The molecule has 8 heteroatoms. The summed E-state index contributed by atoms with van der Waals surface area (Å²) in [7, 11) is 0. The predicted molar refractivity (Wildman–Crippen MR) is 114 cm³/mol. The summed E-state index contributed by atoms with van der Waals surface area (Å²) in [4.78, 5) is 23.3. The van der Waals surface area contributed by atoms with Crippen LogP contribution < -0.4 is 5.32 Å². The maximum Gasteiger partial charge on any atom is 0.259 e. The van der Waals surface area contributed by atoms with E-state index in [9.17, 15) is 9.59 Å². The molecule has 0 saturated heterocycles. The van der Waals surface area contributed by atoms with Crippen LogP contribution in [0.2, 0.25) is 0 Å². The minimum atomic E-state index is -0.301. The highest BCUT2D eigenvalue weighted by Crippen LogP contribution is 2.22. The first-order valence-electron chi connectivity index (χ1n) is 10.1. The Balaban J connectivity index is 0.000000235. The van der Waals surface area contributed by atoms with Gasteiger partial charge in [-0.05, 0) is 23.6 Å². The van der Waals surface area contributed by atoms with Gasteiger partial charge in [-0.15, -0.1) is 0 Å². The molecule has 0 bridgehead atoms. The van der Waals surface area contributed by atoms with Crippen LogP contribution in [0, 0.1) is 0 Å². The molecule has 8 nitrogen and oxygen atoms in total. The van der Waals surface area contributed by atoms with Crippen molar-refractivity contribution in [2.24, 2.45) is 0 Å². The van der Waals surface area contributed by atoms with Gasteiger partial charge in [-0.3, -0.25) is 14.9 Å². The van der Waals surface area contributed by atoms with Crippen molar-refractivity contribution in [3.63, 3.8) is 0 Å². The molecular weight excluding hydrogens is 402 g/mol. The van der Waals surface area contributed by atoms with Gasteiger partial charge in [0.2, 0.25) is 0 Å². The average Bonchev–Trinajstić information content (AvgIpc) is 3.08. The second-order valence-corrected chi connectivity index (χ2v) is 6.57. The number of aliphatic hydroxyl groups is 2. The number of carbonyl (C=O) groups is 2. The van der Waals surface area contributed by atoms with E-state index < -0.39 is 0 Å². The molecule has 1 aliphatic heterocycles. The standard InChI is InChI=1S/C15H11NO2.C8H18O5/c17-14-12-8-4-7-11(13(12)15(18)16-14)9-10-5-2-1-3-6-10;9-1-3-11-5-7-13-8-6-12-4-2-10/h1-8H,9H2,(H,16,17,18);9-10H,1-8H2. The van der Waals surface area contributed by atoms with Gasteiger partial charge in [0.1, 0.15) is 0 Å². The number of amides is 2. The highest BCUT2D eigenvalue weighted by molar-refractivity contribution is 6.22. The third-order valence-electron chi connectivity index (χ3n) is 4.30. The number of ether oxygens (including phenoxy) is 3. The minimum absolute atomic E-state index is 0.0413. The second-order valence-electron chi connectivity index (χ2n) is 6.57. The Hall–Kier alpha value is -2.62. The largest absolute Gasteiger partial charge is 0.394 e. The van der Waals surface area contributed by atoms with Crippen LogP contribution >= 0.6 is 0 Å². The van der Waals surface area contributed by atoms with Gasteiger partial charge < -0.3 is 24.4 Å². The van der Waals surface area contributed by atoms with Crippen molar-refractivity contribution in [3.05, 3.63) is 70.8 Å². The number of hydrogen-bond donors (Lipinski definition) is 3. The number of hydrogen-bond acceptors (Lipinski definition) is 7. The van der Waals surface area contributed by atoms with E-state index in [0.717, 1.165) is 11.1 Å². The van der Waals surface area contributed by atoms with Gasteiger partial charge in [-0.25, -0.2) is 0 Å². The number of fused-ring (bicyclic) bond motifs is 1. The van der Waals surface area contributed by atoms with Gasteiger partial charge in [-0.2, -0.15) is 0 Å². The molecule has 2 amide bonds. The Morgan fingerprint density at radius 3 is 1.84 bits per heavy atom. The summed E-state index contributed by atoms with van der Waals surface area (Å²) in [5, 5.41) is 19.0. The van der Waals surface area contributed by atoms with Crippen LogP contribution in [0.3, 0.4) is 0 Å². The summed E-state index contributed by atoms with van der Waals surface area (Å²) >= 11 is 0. The lowest BCUT2D eigenvalue weighted by atomic mass is 9.97. The minimum Gasteiger partial charge on any atom is -0.394 e. The van der Waals surface area contributed by atoms with Crippen LogP contribution in [-0.2, 0) is 20.6 Å². The van der Waals surface area contributed by atoms with Gasteiger partial charge in [0.25, 0.3) is 11.8 Å². The average molecular weight is 431 g/mol. The second kappa shape index (κ2) is 14.4. The Morgan fingerprint density at radius 2 is 1.26 bits per heavy atom. The molecule has 2 aromatic carbocycles. The van der Waals surface area contributed by atoms with Crippen molar-refractivity contribution in [3.8, 4) is 0 Å². The molecule has 0 unspecified atom stereocenters. The lowest BCUT2D eigenvalue weighted by molar-refractivity contribution is 0.00230. The first kappa shape index (κ1) is 24.6. The maximum absolute atomic E-state index is 11.8.